The van der Waals surface area contributed by atoms with Gasteiger partial charge in [0.05, 0.1) is 17.4 Å². The number of nitrogens with one attached hydrogen (secondary N) is 2. The fourth-order valence-corrected chi connectivity index (χ4v) is 2.85. The first kappa shape index (κ1) is 18.4. The maximum Gasteiger partial charge on any atom is 0.340 e. The second kappa shape index (κ2) is 7.49. The third-order valence-corrected chi connectivity index (χ3v) is 4.06. The summed E-state index contributed by atoms with van der Waals surface area (Å²) in [6.07, 6.45) is 1.54. The molecule has 1 amide bonds. The molecular weight excluding hydrogens is 344 g/mol. The first-order valence-electron chi connectivity index (χ1n) is 8.69. The van der Waals surface area contributed by atoms with Crippen molar-refractivity contribution in [2.75, 3.05) is 5.32 Å². The van der Waals surface area contributed by atoms with Gasteiger partial charge in [-0.2, -0.15) is 5.10 Å². The molecule has 0 radical (unpaired) electrons. The predicted octanol–water partition coefficient (Wildman–Crippen LogP) is 3.63. The molecule has 1 aromatic carbocycles. The number of aromatic amines is 1. The van der Waals surface area contributed by atoms with Crippen molar-refractivity contribution >= 4 is 17.7 Å². The molecule has 7 nitrogen and oxygen atoms in total. The molecular formula is C20H22N4O3. The largest absolute Gasteiger partial charge is 0.459 e. The standard InChI is InChI=1S/C20H22N4O3/c1-12(2)27-20(26)17-13(3)18(21-14(17)4)19(25)22-16-10-11-24(23-16)15-8-6-5-7-9-15/h5-12,21H,1-4H3,(H,22,23,25). The van der Waals surface area contributed by atoms with Crippen LogP contribution in [0.1, 0.15) is 46.0 Å². The highest BCUT2D eigenvalue weighted by Crippen LogP contribution is 2.21. The number of aryl methyl sites for hydroxylation is 1. The number of anilines is 1. The molecule has 2 heterocycles. The molecule has 0 aliphatic heterocycles. The van der Waals surface area contributed by atoms with Gasteiger partial charge in [0.15, 0.2) is 5.82 Å². The van der Waals surface area contributed by atoms with Gasteiger partial charge in [-0.1, -0.05) is 18.2 Å². The van der Waals surface area contributed by atoms with Crippen LogP contribution in [-0.4, -0.2) is 32.7 Å². The van der Waals surface area contributed by atoms with Crippen LogP contribution in [0.15, 0.2) is 42.6 Å². The Morgan fingerprint density at radius 2 is 1.85 bits per heavy atom. The molecule has 0 bridgehead atoms. The molecule has 140 valence electrons. The third kappa shape index (κ3) is 3.92. The Balaban J connectivity index is 1.79. The van der Waals surface area contributed by atoms with Crippen molar-refractivity contribution in [1.29, 1.82) is 0 Å². The molecule has 0 aliphatic rings. The lowest BCUT2D eigenvalue weighted by atomic mass is 10.1. The van der Waals surface area contributed by atoms with Gasteiger partial charge in [-0.3, -0.25) is 4.79 Å². The molecule has 0 saturated carbocycles. The predicted molar refractivity (Wildman–Crippen MR) is 102 cm³/mol. The highest BCUT2D eigenvalue weighted by atomic mass is 16.5. The maximum atomic E-state index is 12.6. The number of carbonyl (C=O) groups excluding carboxylic acids is 2. The van der Waals surface area contributed by atoms with Gasteiger partial charge in [-0.05, 0) is 45.4 Å². The van der Waals surface area contributed by atoms with Gasteiger partial charge < -0.3 is 15.0 Å². The molecule has 3 rings (SSSR count). The number of esters is 1. The lowest BCUT2D eigenvalue weighted by molar-refractivity contribution is 0.0376. The molecule has 0 unspecified atom stereocenters. The molecule has 2 aromatic heterocycles. The van der Waals surface area contributed by atoms with E-state index in [1.54, 1.807) is 44.6 Å². The summed E-state index contributed by atoms with van der Waals surface area (Å²) in [7, 11) is 0. The van der Waals surface area contributed by atoms with E-state index in [2.05, 4.69) is 15.4 Å². The van der Waals surface area contributed by atoms with E-state index in [1.165, 1.54) is 0 Å². The zero-order valence-corrected chi connectivity index (χ0v) is 15.7. The Morgan fingerprint density at radius 3 is 2.52 bits per heavy atom. The van der Waals surface area contributed by atoms with Crippen LogP contribution in [0, 0.1) is 13.8 Å². The average Bonchev–Trinajstić information content (AvgIpc) is 3.19. The Labute approximate surface area is 157 Å². The number of carbonyl (C=O) groups is 2. The van der Waals surface area contributed by atoms with Crippen molar-refractivity contribution in [2.45, 2.75) is 33.8 Å². The van der Waals surface area contributed by atoms with Gasteiger partial charge in [0, 0.05) is 18.0 Å². The van der Waals surface area contributed by atoms with Gasteiger partial charge in [-0.25, -0.2) is 9.48 Å². The van der Waals surface area contributed by atoms with Crippen LogP contribution in [0.3, 0.4) is 0 Å². The van der Waals surface area contributed by atoms with Crippen LogP contribution in [0.4, 0.5) is 5.82 Å². The molecule has 0 aliphatic carbocycles. The van der Waals surface area contributed by atoms with E-state index in [0.717, 1.165) is 5.69 Å². The zero-order valence-electron chi connectivity index (χ0n) is 15.7. The first-order valence-corrected chi connectivity index (χ1v) is 8.69. The van der Waals surface area contributed by atoms with Crippen LogP contribution < -0.4 is 5.32 Å². The number of nitrogens with zero attached hydrogens (tertiary/aromatic N) is 2. The quantitative estimate of drug-likeness (QED) is 0.675. The molecule has 0 saturated heterocycles. The Bertz CT molecular complexity index is 971. The summed E-state index contributed by atoms with van der Waals surface area (Å²) in [6.45, 7) is 7.03. The van der Waals surface area contributed by atoms with Gasteiger partial charge in [-0.15, -0.1) is 0 Å². The van der Waals surface area contributed by atoms with Crippen LogP contribution in [0.2, 0.25) is 0 Å². The van der Waals surface area contributed by atoms with E-state index in [0.29, 0.717) is 28.3 Å². The Hall–Kier alpha value is -3.35. The van der Waals surface area contributed by atoms with Crippen LogP contribution in [0.25, 0.3) is 5.69 Å². The lowest BCUT2D eigenvalue weighted by Gasteiger charge is -2.08. The molecule has 0 fully saturated rings. The number of hydrogen-bond acceptors (Lipinski definition) is 4. The highest BCUT2D eigenvalue weighted by Gasteiger charge is 2.24. The van der Waals surface area contributed by atoms with Crippen molar-refractivity contribution in [3.8, 4) is 5.69 Å². The van der Waals surface area contributed by atoms with Gasteiger partial charge in [0.25, 0.3) is 5.91 Å². The zero-order chi connectivity index (χ0) is 19.6. The molecule has 0 atom stereocenters. The number of amides is 1. The number of ether oxygens (including phenoxy) is 1. The van der Waals surface area contributed by atoms with Crippen molar-refractivity contribution < 1.29 is 14.3 Å². The Kier molecular flexibility index (Phi) is 5.12. The normalized spacial score (nSPS) is 10.9. The van der Waals surface area contributed by atoms with Crippen LogP contribution >= 0.6 is 0 Å². The minimum absolute atomic E-state index is 0.231. The molecule has 27 heavy (non-hydrogen) atoms. The van der Waals surface area contributed by atoms with Gasteiger partial charge in [0.1, 0.15) is 5.69 Å². The number of benzene rings is 1. The number of para-hydroxylation sites is 1. The summed E-state index contributed by atoms with van der Waals surface area (Å²) < 4.78 is 6.93. The van der Waals surface area contributed by atoms with E-state index in [1.807, 2.05) is 30.3 Å². The smallest absolute Gasteiger partial charge is 0.340 e. The number of H-pyrrole nitrogens is 1. The van der Waals surface area contributed by atoms with E-state index in [9.17, 15) is 9.59 Å². The fourth-order valence-electron chi connectivity index (χ4n) is 2.85. The summed E-state index contributed by atoms with van der Waals surface area (Å²) in [5.74, 6) is -0.386. The molecule has 2 N–H and O–H groups in total. The highest BCUT2D eigenvalue weighted by molar-refractivity contribution is 6.06. The lowest BCUT2D eigenvalue weighted by Crippen LogP contribution is -2.15. The SMILES string of the molecule is Cc1[nH]c(C(=O)Nc2ccn(-c3ccccc3)n2)c(C)c1C(=O)OC(C)C. The molecule has 7 heteroatoms. The second-order valence-corrected chi connectivity index (χ2v) is 6.51. The fraction of sp³-hybridized carbons (Fsp3) is 0.250. The summed E-state index contributed by atoms with van der Waals surface area (Å²) in [5, 5.41) is 7.11. The van der Waals surface area contributed by atoms with Gasteiger partial charge >= 0.3 is 5.97 Å². The third-order valence-electron chi connectivity index (χ3n) is 4.06. The maximum absolute atomic E-state index is 12.6. The van der Waals surface area contributed by atoms with Crippen LogP contribution in [-0.2, 0) is 4.74 Å². The van der Waals surface area contributed by atoms with Crippen LogP contribution in [0.5, 0.6) is 0 Å². The minimum Gasteiger partial charge on any atom is -0.459 e. The number of hydrogen-bond donors (Lipinski definition) is 2. The van der Waals surface area contributed by atoms with Crippen molar-refractivity contribution in [2.24, 2.45) is 0 Å². The minimum atomic E-state index is -0.441. The summed E-state index contributed by atoms with van der Waals surface area (Å²) >= 11 is 0. The number of rotatable bonds is 5. The monoisotopic (exact) mass is 366 g/mol. The summed E-state index contributed by atoms with van der Waals surface area (Å²) in [6, 6.07) is 11.3. The Morgan fingerprint density at radius 1 is 1.15 bits per heavy atom. The van der Waals surface area contributed by atoms with E-state index in [-0.39, 0.29) is 12.0 Å². The molecule has 3 aromatic rings. The van der Waals surface area contributed by atoms with E-state index in [4.69, 9.17) is 4.74 Å². The van der Waals surface area contributed by atoms with E-state index >= 15 is 0 Å². The second-order valence-electron chi connectivity index (χ2n) is 6.51. The van der Waals surface area contributed by atoms with Crippen molar-refractivity contribution in [3.05, 3.63) is 65.1 Å². The summed E-state index contributed by atoms with van der Waals surface area (Å²) in [4.78, 5) is 27.9. The van der Waals surface area contributed by atoms with Crippen molar-refractivity contribution in [1.82, 2.24) is 14.8 Å². The topological polar surface area (TPSA) is 89.0 Å². The van der Waals surface area contributed by atoms with E-state index < -0.39 is 5.97 Å². The first-order chi connectivity index (χ1) is 12.9. The average molecular weight is 366 g/mol. The summed E-state index contributed by atoms with van der Waals surface area (Å²) in [5.41, 5.74) is 2.75. The number of aromatic nitrogens is 3. The van der Waals surface area contributed by atoms with Gasteiger partial charge in [0.2, 0.25) is 0 Å². The van der Waals surface area contributed by atoms with Crippen molar-refractivity contribution in [3.63, 3.8) is 0 Å². The molecule has 0 spiro atoms.